The topological polar surface area (TPSA) is 26.3 Å². The van der Waals surface area contributed by atoms with Crippen LogP contribution in [-0.4, -0.2) is 12.0 Å². The van der Waals surface area contributed by atoms with Gasteiger partial charge < -0.3 is 4.74 Å². The number of rotatable bonds is 3. The van der Waals surface area contributed by atoms with Crippen molar-refractivity contribution in [3.05, 3.63) is 0 Å². The maximum Gasteiger partial charge on any atom is 0.403 e. The maximum absolute atomic E-state index is 10.1. The van der Waals surface area contributed by atoms with E-state index in [0.29, 0.717) is 6.61 Å². The third kappa shape index (κ3) is 4.62. The lowest BCUT2D eigenvalue weighted by atomic mass is 9.92. The van der Waals surface area contributed by atoms with E-state index in [4.69, 9.17) is 11.6 Å². The van der Waals surface area contributed by atoms with E-state index in [1.807, 2.05) is 20.8 Å². The second-order valence-electron chi connectivity index (χ2n) is 3.04. The van der Waals surface area contributed by atoms with Gasteiger partial charge in [-0.15, -0.1) is 0 Å². The molecule has 0 aromatic rings. The molecule has 0 heterocycles. The minimum Gasteiger partial charge on any atom is -0.453 e. The highest BCUT2D eigenvalue weighted by atomic mass is 35.5. The quantitative estimate of drug-likeness (QED) is 0.600. The van der Waals surface area contributed by atoms with Gasteiger partial charge in [0.1, 0.15) is 0 Å². The lowest BCUT2D eigenvalue weighted by Crippen LogP contribution is -2.18. The van der Waals surface area contributed by atoms with Crippen LogP contribution in [0.1, 0.15) is 27.2 Å². The van der Waals surface area contributed by atoms with E-state index < -0.39 is 5.43 Å². The van der Waals surface area contributed by atoms with Crippen LogP contribution in [0.2, 0.25) is 0 Å². The van der Waals surface area contributed by atoms with Crippen molar-refractivity contribution in [1.29, 1.82) is 0 Å². The Morgan fingerprint density at radius 2 is 2.10 bits per heavy atom. The summed E-state index contributed by atoms with van der Waals surface area (Å²) >= 11 is 4.98. The summed E-state index contributed by atoms with van der Waals surface area (Å²) in [6, 6.07) is 0. The molecule has 3 heteroatoms. The number of hydrogen-bond acceptors (Lipinski definition) is 2. The van der Waals surface area contributed by atoms with Crippen LogP contribution < -0.4 is 0 Å². The van der Waals surface area contributed by atoms with Gasteiger partial charge in [-0.2, -0.15) is 0 Å². The van der Waals surface area contributed by atoms with E-state index in [1.165, 1.54) is 0 Å². The van der Waals surface area contributed by atoms with Gasteiger partial charge in [0.15, 0.2) is 0 Å². The zero-order valence-electron chi connectivity index (χ0n) is 6.61. The van der Waals surface area contributed by atoms with Crippen molar-refractivity contribution in [2.45, 2.75) is 27.2 Å². The van der Waals surface area contributed by atoms with Crippen LogP contribution in [0.4, 0.5) is 4.79 Å². The predicted molar refractivity (Wildman–Crippen MR) is 41.3 cm³/mol. The Morgan fingerprint density at radius 1 is 1.60 bits per heavy atom. The molecular weight excluding hydrogens is 152 g/mol. The zero-order valence-corrected chi connectivity index (χ0v) is 7.36. The van der Waals surface area contributed by atoms with Crippen molar-refractivity contribution in [2.75, 3.05) is 6.61 Å². The van der Waals surface area contributed by atoms with Gasteiger partial charge in [0.25, 0.3) is 0 Å². The molecule has 10 heavy (non-hydrogen) atoms. The van der Waals surface area contributed by atoms with Gasteiger partial charge in [-0.05, 0) is 11.8 Å². The first-order chi connectivity index (χ1) is 4.48. The lowest BCUT2D eigenvalue weighted by Gasteiger charge is -2.20. The largest absolute Gasteiger partial charge is 0.453 e. The Balaban J connectivity index is 3.56. The molecule has 0 unspecified atom stereocenters. The Morgan fingerprint density at radius 3 is 2.40 bits per heavy atom. The fourth-order valence-corrected chi connectivity index (χ4v) is 0.409. The summed E-state index contributed by atoms with van der Waals surface area (Å²) in [6.07, 6.45) is 0.969. The van der Waals surface area contributed by atoms with Gasteiger partial charge in [0, 0.05) is 11.6 Å². The molecule has 0 aliphatic carbocycles. The minimum absolute atomic E-state index is 0.0462. The molecule has 0 aliphatic heterocycles. The summed E-state index contributed by atoms with van der Waals surface area (Å²) in [7, 11) is 0. The maximum atomic E-state index is 10.1. The smallest absolute Gasteiger partial charge is 0.403 e. The molecule has 0 aromatic heterocycles. The zero-order chi connectivity index (χ0) is 8.20. The van der Waals surface area contributed by atoms with Gasteiger partial charge in [-0.3, -0.25) is 0 Å². The summed E-state index contributed by atoms with van der Waals surface area (Å²) in [5.74, 6) is 0. The van der Waals surface area contributed by atoms with E-state index in [-0.39, 0.29) is 5.41 Å². The first-order valence-electron chi connectivity index (χ1n) is 3.30. The Kier molecular flexibility index (Phi) is 3.72. The summed E-state index contributed by atoms with van der Waals surface area (Å²) in [5.41, 5.74) is -0.675. The second-order valence-corrected chi connectivity index (χ2v) is 3.35. The van der Waals surface area contributed by atoms with Crippen LogP contribution in [-0.2, 0) is 4.74 Å². The molecule has 2 nitrogen and oxygen atoms in total. The van der Waals surface area contributed by atoms with Crippen LogP contribution in [0.5, 0.6) is 0 Å². The minimum atomic E-state index is -0.721. The number of hydrogen-bond donors (Lipinski definition) is 0. The van der Waals surface area contributed by atoms with E-state index in [9.17, 15) is 4.79 Å². The van der Waals surface area contributed by atoms with Crippen molar-refractivity contribution in [3.8, 4) is 0 Å². The molecule has 0 aromatic carbocycles. The molecule has 0 N–H and O–H groups in total. The van der Waals surface area contributed by atoms with E-state index in [1.54, 1.807) is 0 Å². The standard InChI is InChI=1S/C7H13ClO2/c1-4-7(2,3)5-10-6(8)9/h4-5H2,1-3H3. The Hall–Kier alpha value is -0.240. The summed E-state index contributed by atoms with van der Waals surface area (Å²) < 4.78 is 4.62. The highest BCUT2D eigenvalue weighted by molar-refractivity contribution is 6.61. The van der Waals surface area contributed by atoms with Crippen molar-refractivity contribution < 1.29 is 9.53 Å². The first-order valence-corrected chi connectivity index (χ1v) is 3.68. The average molecular weight is 165 g/mol. The number of ether oxygens (including phenoxy) is 1. The molecule has 0 saturated heterocycles. The van der Waals surface area contributed by atoms with Crippen molar-refractivity contribution in [1.82, 2.24) is 0 Å². The number of halogens is 1. The van der Waals surface area contributed by atoms with Crippen molar-refractivity contribution >= 4 is 17.0 Å². The normalized spacial score (nSPS) is 11.2. The second kappa shape index (κ2) is 3.81. The van der Waals surface area contributed by atoms with Gasteiger partial charge in [-0.25, -0.2) is 4.79 Å². The van der Waals surface area contributed by atoms with E-state index in [2.05, 4.69) is 4.74 Å². The van der Waals surface area contributed by atoms with Crippen molar-refractivity contribution in [2.24, 2.45) is 5.41 Å². The molecule has 0 radical (unpaired) electrons. The SMILES string of the molecule is CCC(C)(C)COC(=O)Cl. The van der Waals surface area contributed by atoms with Crippen molar-refractivity contribution in [3.63, 3.8) is 0 Å². The highest BCUT2D eigenvalue weighted by Gasteiger charge is 2.16. The van der Waals surface area contributed by atoms with Crippen LogP contribution >= 0.6 is 11.6 Å². The molecular formula is C7H13ClO2. The Labute approximate surface area is 66.5 Å². The van der Waals surface area contributed by atoms with Gasteiger partial charge in [0.05, 0.1) is 6.61 Å². The molecule has 0 saturated carbocycles. The molecule has 0 aliphatic rings. The third-order valence-corrected chi connectivity index (χ3v) is 1.64. The van der Waals surface area contributed by atoms with Crippen LogP contribution in [0, 0.1) is 5.41 Å². The summed E-state index contributed by atoms with van der Waals surface area (Å²) in [5, 5.41) is 0. The average Bonchev–Trinajstić information content (AvgIpc) is 1.85. The summed E-state index contributed by atoms with van der Waals surface area (Å²) in [4.78, 5) is 10.1. The molecule has 0 amide bonds. The van der Waals surface area contributed by atoms with Crippen LogP contribution in [0.15, 0.2) is 0 Å². The first kappa shape index (κ1) is 9.76. The number of carbonyl (C=O) groups is 1. The highest BCUT2D eigenvalue weighted by Crippen LogP contribution is 2.19. The van der Waals surface area contributed by atoms with Crippen LogP contribution in [0.25, 0.3) is 0 Å². The lowest BCUT2D eigenvalue weighted by molar-refractivity contribution is 0.117. The van der Waals surface area contributed by atoms with Gasteiger partial charge in [-0.1, -0.05) is 20.8 Å². The predicted octanol–water partition coefficient (Wildman–Crippen LogP) is 2.80. The number of carbonyl (C=O) groups excluding carboxylic acids is 1. The molecule has 0 spiro atoms. The molecule has 0 rings (SSSR count). The monoisotopic (exact) mass is 164 g/mol. The van der Waals surface area contributed by atoms with Gasteiger partial charge >= 0.3 is 5.43 Å². The summed E-state index contributed by atoms with van der Waals surface area (Å²) in [6.45, 7) is 6.48. The van der Waals surface area contributed by atoms with Crippen LogP contribution in [0.3, 0.4) is 0 Å². The fourth-order valence-electron chi connectivity index (χ4n) is 0.354. The van der Waals surface area contributed by atoms with Gasteiger partial charge in [0.2, 0.25) is 0 Å². The van der Waals surface area contributed by atoms with E-state index >= 15 is 0 Å². The molecule has 0 atom stereocenters. The fraction of sp³-hybridized carbons (Fsp3) is 0.857. The molecule has 0 fully saturated rings. The molecule has 0 bridgehead atoms. The molecule has 60 valence electrons. The van der Waals surface area contributed by atoms with E-state index in [0.717, 1.165) is 6.42 Å². The Bertz CT molecular complexity index is 121. The third-order valence-electron chi connectivity index (χ3n) is 1.53.